The Morgan fingerprint density at radius 1 is 1.09 bits per heavy atom. The van der Waals surface area contributed by atoms with Crippen molar-refractivity contribution in [1.82, 2.24) is 4.73 Å². The van der Waals surface area contributed by atoms with Crippen LogP contribution in [-0.4, -0.2) is 33.1 Å². The third-order valence-corrected chi connectivity index (χ3v) is 3.50. The Kier molecular flexibility index (Phi) is 6.50. The number of ether oxygens (including phenoxy) is 1. The number of rotatable bonds is 8. The summed E-state index contributed by atoms with van der Waals surface area (Å²) in [6.45, 7) is 11.2. The van der Waals surface area contributed by atoms with Crippen molar-refractivity contribution in [2.24, 2.45) is 5.41 Å². The summed E-state index contributed by atoms with van der Waals surface area (Å²) in [6.07, 6.45) is 2.48. The fourth-order valence-electron chi connectivity index (χ4n) is 2.01. The molecule has 23 heavy (non-hydrogen) atoms. The van der Waals surface area contributed by atoms with Gasteiger partial charge in [0.2, 0.25) is 11.8 Å². The standard InChI is InChI=1S/C17H29NO5/c1-16(2,3)11-12-22-17(4,5)10-6-7-15(21)23-18-13(19)8-9-14(18)20/h8-9,19-20H,6-7,10-12H2,1-5H3. The van der Waals surface area contributed by atoms with Crippen LogP contribution in [0.1, 0.15) is 60.3 Å². The number of nitrogens with zero attached hydrogens (tertiary/aromatic N) is 1. The average Bonchev–Trinajstić information content (AvgIpc) is 2.68. The highest BCUT2D eigenvalue weighted by molar-refractivity contribution is 5.69. The summed E-state index contributed by atoms with van der Waals surface area (Å²) in [7, 11) is 0. The molecule has 0 radical (unpaired) electrons. The van der Waals surface area contributed by atoms with Gasteiger partial charge in [0.15, 0.2) is 0 Å². The van der Waals surface area contributed by atoms with E-state index in [0.717, 1.165) is 12.8 Å². The van der Waals surface area contributed by atoms with E-state index in [4.69, 9.17) is 9.57 Å². The molecule has 0 aliphatic carbocycles. The van der Waals surface area contributed by atoms with Crippen molar-refractivity contribution in [2.75, 3.05) is 6.61 Å². The van der Waals surface area contributed by atoms with Crippen molar-refractivity contribution in [2.45, 2.75) is 65.9 Å². The van der Waals surface area contributed by atoms with Gasteiger partial charge in [-0.15, -0.1) is 4.73 Å². The van der Waals surface area contributed by atoms with Crippen LogP contribution in [0.5, 0.6) is 11.8 Å². The lowest BCUT2D eigenvalue weighted by molar-refractivity contribution is -0.145. The van der Waals surface area contributed by atoms with E-state index in [1.54, 1.807) is 0 Å². The SMILES string of the molecule is CC(C)(C)CCOC(C)(C)CCCC(=O)On1c(O)ccc1O. The minimum atomic E-state index is -0.516. The van der Waals surface area contributed by atoms with Gasteiger partial charge in [-0.1, -0.05) is 20.8 Å². The molecule has 0 aliphatic heterocycles. The Morgan fingerprint density at radius 3 is 2.17 bits per heavy atom. The highest BCUT2D eigenvalue weighted by Gasteiger charge is 2.21. The maximum atomic E-state index is 11.7. The van der Waals surface area contributed by atoms with Gasteiger partial charge in [-0.2, -0.15) is 0 Å². The number of carbonyl (C=O) groups excluding carboxylic acids is 1. The van der Waals surface area contributed by atoms with Crippen LogP contribution in [-0.2, 0) is 9.53 Å². The fourth-order valence-corrected chi connectivity index (χ4v) is 2.01. The number of hydrogen-bond acceptors (Lipinski definition) is 5. The molecule has 6 heteroatoms. The largest absolute Gasteiger partial charge is 0.492 e. The van der Waals surface area contributed by atoms with Gasteiger partial charge >= 0.3 is 5.97 Å². The van der Waals surface area contributed by atoms with Gasteiger partial charge in [-0.05, 0) is 38.5 Å². The summed E-state index contributed by atoms with van der Waals surface area (Å²) in [4.78, 5) is 16.6. The number of aromatic nitrogens is 1. The van der Waals surface area contributed by atoms with Crippen LogP contribution < -0.4 is 4.84 Å². The van der Waals surface area contributed by atoms with Gasteiger partial charge in [-0.25, -0.2) is 4.79 Å². The van der Waals surface area contributed by atoms with E-state index in [-0.39, 0.29) is 29.2 Å². The van der Waals surface area contributed by atoms with Crippen LogP contribution in [0.2, 0.25) is 0 Å². The number of aromatic hydroxyl groups is 2. The zero-order valence-electron chi connectivity index (χ0n) is 14.8. The van der Waals surface area contributed by atoms with Crippen molar-refractivity contribution in [1.29, 1.82) is 0 Å². The summed E-state index contributed by atoms with van der Waals surface area (Å²) < 4.78 is 6.60. The van der Waals surface area contributed by atoms with E-state index in [2.05, 4.69) is 20.8 Å². The summed E-state index contributed by atoms with van der Waals surface area (Å²) >= 11 is 0. The second-order valence-corrected chi connectivity index (χ2v) is 7.58. The van der Waals surface area contributed by atoms with Crippen molar-refractivity contribution in [3.8, 4) is 11.8 Å². The Balaban J connectivity index is 2.30. The molecule has 1 aromatic rings. The first-order valence-electron chi connectivity index (χ1n) is 7.95. The Bertz CT molecular complexity index is 494. The smallest absolute Gasteiger partial charge is 0.333 e. The Morgan fingerprint density at radius 2 is 1.65 bits per heavy atom. The molecule has 0 spiro atoms. The van der Waals surface area contributed by atoms with Gasteiger partial charge in [-0.3, -0.25) is 0 Å². The third kappa shape index (κ3) is 7.41. The first kappa shape index (κ1) is 19.4. The molecule has 1 rings (SSSR count). The molecular formula is C17H29NO5. The van der Waals surface area contributed by atoms with Crippen molar-refractivity contribution >= 4 is 5.97 Å². The molecule has 0 bridgehead atoms. The van der Waals surface area contributed by atoms with Crippen molar-refractivity contribution < 1.29 is 24.6 Å². The van der Waals surface area contributed by atoms with Crippen LogP contribution in [0.15, 0.2) is 12.1 Å². The highest BCUT2D eigenvalue weighted by atomic mass is 16.7. The lowest BCUT2D eigenvalue weighted by Gasteiger charge is -2.27. The first-order chi connectivity index (χ1) is 10.5. The van der Waals surface area contributed by atoms with Crippen LogP contribution in [0, 0.1) is 5.41 Å². The van der Waals surface area contributed by atoms with Gasteiger partial charge in [0.05, 0.1) is 5.60 Å². The molecule has 2 N–H and O–H groups in total. The molecule has 1 aromatic heterocycles. The van der Waals surface area contributed by atoms with E-state index in [1.165, 1.54) is 12.1 Å². The fraction of sp³-hybridized carbons (Fsp3) is 0.706. The zero-order valence-corrected chi connectivity index (χ0v) is 14.8. The molecule has 132 valence electrons. The summed E-state index contributed by atoms with van der Waals surface area (Å²) in [5.41, 5.74) is -0.0656. The Hall–Kier alpha value is -1.69. The van der Waals surface area contributed by atoms with Gasteiger partial charge in [0.1, 0.15) is 0 Å². The molecule has 0 fully saturated rings. The normalized spacial score (nSPS) is 12.4. The topological polar surface area (TPSA) is 80.9 Å². The first-order valence-corrected chi connectivity index (χ1v) is 7.95. The quantitative estimate of drug-likeness (QED) is 0.766. The van der Waals surface area contributed by atoms with Crippen LogP contribution in [0.25, 0.3) is 0 Å². The summed E-state index contributed by atoms with van der Waals surface area (Å²) in [6, 6.07) is 2.49. The van der Waals surface area contributed by atoms with Crippen molar-refractivity contribution in [3.05, 3.63) is 12.1 Å². The van der Waals surface area contributed by atoms with Crippen LogP contribution in [0.3, 0.4) is 0 Å². The molecule has 0 aliphatic rings. The van der Waals surface area contributed by atoms with Gasteiger partial charge in [0.25, 0.3) is 0 Å². The van der Waals surface area contributed by atoms with Gasteiger partial charge in [0, 0.05) is 25.2 Å². The molecule has 6 nitrogen and oxygen atoms in total. The van der Waals surface area contributed by atoms with E-state index >= 15 is 0 Å². The molecule has 0 saturated heterocycles. The molecular weight excluding hydrogens is 298 g/mol. The Labute approximate surface area is 138 Å². The molecule has 0 atom stereocenters. The predicted molar refractivity (Wildman–Crippen MR) is 87.3 cm³/mol. The lowest BCUT2D eigenvalue weighted by Crippen LogP contribution is -2.27. The molecule has 0 aromatic carbocycles. The van der Waals surface area contributed by atoms with Crippen LogP contribution >= 0.6 is 0 Å². The minimum absolute atomic E-state index is 0.184. The van der Waals surface area contributed by atoms with Crippen molar-refractivity contribution in [3.63, 3.8) is 0 Å². The maximum Gasteiger partial charge on any atom is 0.333 e. The van der Waals surface area contributed by atoms with E-state index in [9.17, 15) is 15.0 Å². The average molecular weight is 327 g/mol. The van der Waals surface area contributed by atoms with E-state index < -0.39 is 5.97 Å². The second kappa shape index (κ2) is 7.73. The molecule has 1 heterocycles. The lowest BCUT2D eigenvalue weighted by atomic mass is 9.92. The van der Waals surface area contributed by atoms with E-state index in [1.807, 2.05) is 13.8 Å². The number of carbonyl (C=O) groups is 1. The molecule has 0 unspecified atom stereocenters. The van der Waals surface area contributed by atoms with E-state index in [0.29, 0.717) is 17.8 Å². The molecule has 0 amide bonds. The highest BCUT2D eigenvalue weighted by Crippen LogP contribution is 2.23. The minimum Gasteiger partial charge on any atom is -0.492 e. The maximum absolute atomic E-state index is 11.7. The number of hydrogen-bond donors (Lipinski definition) is 2. The van der Waals surface area contributed by atoms with Crippen LogP contribution in [0.4, 0.5) is 0 Å². The predicted octanol–water partition coefficient (Wildman–Crippen LogP) is 3.26. The van der Waals surface area contributed by atoms with Gasteiger partial charge < -0.3 is 19.8 Å². The molecule has 0 saturated carbocycles. The monoisotopic (exact) mass is 327 g/mol. The summed E-state index contributed by atoms with van der Waals surface area (Å²) in [5, 5.41) is 18.8. The third-order valence-electron chi connectivity index (χ3n) is 3.50. The zero-order chi connectivity index (χ0) is 17.7. The summed E-state index contributed by atoms with van der Waals surface area (Å²) in [5.74, 6) is -1.15. The second-order valence-electron chi connectivity index (χ2n) is 7.58.